The fourth-order valence-electron chi connectivity index (χ4n) is 0.936. The minimum atomic E-state index is -5.19. The lowest BCUT2D eigenvalue weighted by molar-refractivity contribution is -0.344. The average molecular weight is 285 g/mol. The van der Waals surface area contributed by atoms with Crippen LogP contribution in [0.15, 0.2) is 0 Å². The van der Waals surface area contributed by atoms with Crippen LogP contribution in [0.3, 0.4) is 0 Å². The monoisotopic (exact) mass is 285 g/mol. The molecule has 0 aromatic heterocycles. The van der Waals surface area contributed by atoms with Crippen molar-refractivity contribution in [3.05, 3.63) is 0 Å². The minimum absolute atomic E-state index is 0.109. The quantitative estimate of drug-likeness (QED) is 0.760. The Morgan fingerprint density at radius 1 is 1.05 bits per heavy atom. The van der Waals surface area contributed by atoms with Crippen molar-refractivity contribution in [3.8, 4) is 0 Å². The molecule has 0 atom stereocenters. The molecule has 0 aromatic rings. The Kier molecular flexibility index (Phi) is 10.7. The van der Waals surface area contributed by atoms with Gasteiger partial charge < -0.3 is 15.0 Å². The van der Waals surface area contributed by atoms with Gasteiger partial charge in [-0.25, -0.2) is 0 Å². The van der Waals surface area contributed by atoms with Crippen LogP contribution in [0.2, 0.25) is 0 Å². The van der Waals surface area contributed by atoms with Crippen LogP contribution in [0, 0.1) is 0 Å². The second-order valence-electron chi connectivity index (χ2n) is 3.67. The molecule has 8 heteroatoms. The van der Waals surface area contributed by atoms with E-state index < -0.39 is 18.1 Å². The number of unbranched alkanes of at least 4 members (excludes halogenated alkanes) is 1. The summed E-state index contributed by atoms with van der Waals surface area (Å²) in [5.41, 5.74) is 0. The summed E-state index contributed by atoms with van der Waals surface area (Å²) in [5, 5.41) is 17.1. The molecule has 0 aliphatic rings. The lowest BCUT2D eigenvalue weighted by Gasteiger charge is -2.03. The molecule has 0 unspecified atom stereocenters. The number of carboxylic acid groups (broad SMARTS) is 2. The van der Waals surface area contributed by atoms with Gasteiger partial charge >= 0.3 is 12.1 Å². The van der Waals surface area contributed by atoms with Gasteiger partial charge in [0.1, 0.15) is 11.8 Å². The summed E-state index contributed by atoms with van der Waals surface area (Å²) in [7, 11) is 0. The maximum absolute atomic E-state index is 11.0. The zero-order chi connectivity index (χ0) is 15.5. The Bertz CT molecular complexity index is 299. The van der Waals surface area contributed by atoms with Crippen molar-refractivity contribution in [1.82, 2.24) is 0 Å². The van der Waals surface area contributed by atoms with Gasteiger partial charge in [0.2, 0.25) is 0 Å². The summed E-state index contributed by atoms with van der Waals surface area (Å²) in [5.74, 6) is -3.64. The highest BCUT2D eigenvalue weighted by molar-refractivity contribution is 5.78. The fourth-order valence-corrected chi connectivity index (χ4v) is 0.936. The molecule has 112 valence electrons. The van der Waals surface area contributed by atoms with Crippen molar-refractivity contribution < 1.29 is 37.8 Å². The highest BCUT2D eigenvalue weighted by Gasteiger charge is 2.28. The average Bonchev–Trinajstić information content (AvgIpc) is 2.25. The first-order valence-corrected chi connectivity index (χ1v) is 5.62. The lowest BCUT2D eigenvalue weighted by Crippen LogP contribution is -2.37. The topological polar surface area (TPSA) is 94.5 Å². The largest absolute Gasteiger partial charge is 0.542 e. The van der Waals surface area contributed by atoms with E-state index in [0.717, 1.165) is 12.8 Å². The number of aliphatic carboxylic acids is 2. The Balaban J connectivity index is 0. The van der Waals surface area contributed by atoms with Crippen molar-refractivity contribution >= 4 is 17.7 Å². The number of hydrogen-bond acceptors (Lipinski definition) is 4. The summed E-state index contributed by atoms with van der Waals surface area (Å²) in [6, 6.07) is 0. The van der Waals surface area contributed by atoms with Crippen molar-refractivity contribution in [2.24, 2.45) is 0 Å². The second-order valence-corrected chi connectivity index (χ2v) is 3.67. The molecule has 0 spiro atoms. The Morgan fingerprint density at radius 3 is 1.79 bits per heavy atom. The number of carbonyl (C=O) groups excluding carboxylic acids is 2. The summed E-state index contributed by atoms with van der Waals surface area (Å²) in [6.07, 6.45) is -1.63. The molecular weight excluding hydrogens is 269 g/mol. The Morgan fingerprint density at radius 2 is 1.47 bits per heavy atom. The van der Waals surface area contributed by atoms with Crippen LogP contribution in [-0.2, 0) is 14.4 Å². The van der Waals surface area contributed by atoms with Crippen LogP contribution in [0.5, 0.6) is 0 Å². The van der Waals surface area contributed by atoms with E-state index in [0.29, 0.717) is 19.3 Å². The van der Waals surface area contributed by atoms with Gasteiger partial charge in [-0.05, 0) is 12.8 Å². The van der Waals surface area contributed by atoms with E-state index in [-0.39, 0.29) is 12.2 Å². The van der Waals surface area contributed by atoms with E-state index in [1.807, 2.05) is 6.92 Å². The van der Waals surface area contributed by atoms with E-state index in [1.165, 1.54) is 0 Å². The van der Waals surface area contributed by atoms with Crippen molar-refractivity contribution in [2.75, 3.05) is 0 Å². The first kappa shape index (κ1) is 19.7. The van der Waals surface area contributed by atoms with E-state index >= 15 is 0 Å². The number of carbonyl (C=O) groups is 3. The minimum Gasteiger partial charge on any atom is -0.542 e. The molecule has 19 heavy (non-hydrogen) atoms. The Hall–Kier alpha value is -1.60. The maximum atomic E-state index is 11.0. The van der Waals surface area contributed by atoms with Crippen molar-refractivity contribution in [2.45, 2.75) is 51.6 Å². The first-order valence-electron chi connectivity index (χ1n) is 5.62. The van der Waals surface area contributed by atoms with E-state index in [4.69, 9.17) is 15.0 Å². The van der Waals surface area contributed by atoms with Gasteiger partial charge in [0.15, 0.2) is 0 Å². The highest BCUT2D eigenvalue weighted by atomic mass is 19.4. The first-order chi connectivity index (χ1) is 8.61. The van der Waals surface area contributed by atoms with Gasteiger partial charge in [0.05, 0.1) is 0 Å². The van der Waals surface area contributed by atoms with Gasteiger partial charge in [-0.15, -0.1) is 0 Å². The molecule has 0 aliphatic heterocycles. The van der Waals surface area contributed by atoms with Crippen LogP contribution in [-0.4, -0.2) is 29.0 Å². The molecule has 0 saturated heterocycles. The third kappa shape index (κ3) is 16.4. The molecule has 1 N–H and O–H groups in total. The highest BCUT2D eigenvalue weighted by Crippen LogP contribution is 2.11. The number of hydrogen-bond donors (Lipinski definition) is 1. The molecule has 0 amide bonds. The number of halogens is 3. The smallest absolute Gasteiger partial charge is 0.430 e. The van der Waals surface area contributed by atoms with E-state index in [2.05, 4.69) is 0 Å². The second kappa shape index (κ2) is 10.3. The molecular formula is C11H16F3O5-. The molecule has 0 bridgehead atoms. The van der Waals surface area contributed by atoms with Gasteiger partial charge in [0, 0.05) is 19.3 Å². The molecule has 0 aliphatic carbocycles. The van der Waals surface area contributed by atoms with Gasteiger partial charge in [-0.2, -0.15) is 13.2 Å². The summed E-state index contributed by atoms with van der Waals surface area (Å²) >= 11 is 0. The van der Waals surface area contributed by atoms with Gasteiger partial charge in [-0.1, -0.05) is 13.3 Å². The van der Waals surface area contributed by atoms with Crippen molar-refractivity contribution in [1.29, 1.82) is 0 Å². The predicted molar refractivity (Wildman–Crippen MR) is 57.1 cm³/mol. The number of alkyl halides is 3. The summed E-state index contributed by atoms with van der Waals surface area (Å²) in [4.78, 5) is 29.9. The zero-order valence-corrected chi connectivity index (χ0v) is 10.5. The van der Waals surface area contributed by atoms with Crippen LogP contribution < -0.4 is 5.11 Å². The van der Waals surface area contributed by atoms with Crippen LogP contribution in [0.4, 0.5) is 13.2 Å². The SMILES string of the molecule is CCCCC(=O)CCCC(=O)O.O=C([O-])C(F)(F)F. The predicted octanol–water partition coefficient (Wildman–Crippen LogP) is 1.30. The lowest BCUT2D eigenvalue weighted by atomic mass is 10.1. The number of Topliss-reactive ketones (excluding diaryl/α,β-unsaturated/α-hetero) is 1. The summed E-state index contributed by atoms with van der Waals surface area (Å²) in [6.45, 7) is 2.03. The molecule has 0 aromatic carbocycles. The van der Waals surface area contributed by atoms with Crippen LogP contribution in [0.1, 0.15) is 45.4 Å². The summed E-state index contributed by atoms with van der Waals surface area (Å²) < 4.78 is 31.5. The number of ketones is 1. The number of carboxylic acids is 2. The van der Waals surface area contributed by atoms with Crippen molar-refractivity contribution in [3.63, 3.8) is 0 Å². The molecule has 0 rings (SSSR count). The molecule has 0 radical (unpaired) electrons. The number of rotatable bonds is 7. The standard InChI is InChI=1S/C9H16O3.C2HF3O2/c1-2-3-5-8(10)6-4-7-9(11)12;3-2(4,5)1(6)7/h2-7H2,1H3,(H,11,12);(H,6,7)/p-1. The zero-order valence-electron chi connectivity index (χ0n) is 10.5. The molecule has 0 saturated carbocycles. The Labute approximate surface area is 108 Å². The van der Waals surface area contributed by atoms with Crippen LogP contribution in [0.25, 0.3) is 0 Å². The molecule has 5 nitrogen and oxygen atoms in total. The normalized spacial score (nSPS) is 10.3. The third-order valence-corrected chi connectivity index (χ3v) is 1.89. The molecule has 0 fully saturated rings. The fraction of sp³-hybridized carbons (Fsp3) is 0.727. The third-order valence-electron chi connectivity index (χ3n) is 1.89. The molecule has 0 heterocycles. The van der Waals surface area contributed by atoms with Gasteiger partial charge in [0.25, 0.3) is 0 Å². The van der Waals surface area contributed by atoms with Gasteiger partial charge in [-0.3, -0.25) is 9.59 Å². The van der Waals surface area contributed by atoms with E-state index in [1.54, 1.807) is 0 Å². The maximum Gasteiger partial charge on any atom is 0.430 e. The van der Waals surface area contributed by atoms with E-state index in [9.17, 15) is 22.8 Å². The van der Waals surface area contributed by atoms with Crippen LogP contribution >= 0.6 is 0 Å².